The predicted molar refractivity (Wildman–Crippen MR) is 85.2 cm³/mol. The number of carbonyl (C=O) groups excluding carboxylic acids is 1. The Morgan fingerprint density at radius 3 is 2.54 bits per heavy atom. The SMILES string of the molecule is CC(C)(C)CCC(=O)N1CC(O)CC1c1cccc(C(F)(F)F)c1. The van der Waals surface area contributed by atoms with E-state index in [4.69, 9.17) is 0 Å². The highest BCUT2D eigenvalue weighted by molar-refractivity contribution is 5.77. The number of aliphatic hydroxyl groups is 1. The Labute approximate surface area is 140 Å². The maximum atomic E-state index is 12.9. The van der Waals surface area contributed by atoms with Gasteiger partial charge in [-0.2, -0.15) is 13.2 Å². The molecule has 0 aromatic heterocycles. The minimum Gasteiger partial charge on any atom is -0.391 e. The van der Waals surface area contributed by atoms with Crippen LogP contribution in [0, 0.1) is 5.41 Å². The van der Waals surface area contributed by atoms with Crippen molar-refractivity contribution in [2.24, 2.45) is 5.41 Å². The zero-order chi connectivity index (χ0) is 18.1. The lowest BCUT2D eigenvalue weighted by molar-refractivity contribution is -0.137. The van der Waals surface area contributed by atoms with Crippen LogP contribution in [0.25, 0.3) is 0 Å². The number of carbonyl (C=O) groups is 1. The Morgan fingerprint density at radius 2 is 1.96 bits per heavy atom. The van der Waals surface area contributed by atoms with Gasteiger partial charge in [0.1, 0.15) is 0 Å². The monoisotopic (exact) mass is 343 g/mol. The van der Waals surface area contributed by atoms with Crippen LogP contribution in [0.5, 0.6) is 0 Å². The van der Waals surface area contributed by atoms with Crippen molar-refractivity contribution in [1.29, 1.82) is 0 Å². The molecule has 1 amide bonds. The molecule has 1 heterocycles. The molecule has 1 aromatic carbocycles. The molecule has 6 heteroatoms. The molecule has 2 atom stereocenters. The largest absolute Gasteiger partial charge is 0.416 e. The fourth-order valence-corrected chi connectivity index (χ4v) is 2.95. The van der Waals surface area contributed by atoms with Crippen molar-refractivity contribution >= 4 is 5.91 Å². The van der Waals surface area contributed by atoms with Gasteiger partial charge < -0.3 is 10.0 Å². The molecule has 0 radical (unpaired) electrons. The highest BCUT2D eigenvalue weighted by Crippen LogP contribution is 2.37. The number of alkyl halides is 3. The van der Waals surface area contributed by atoms with Crippen molar-refractivity contribution in [2.45, 2.75) is 58.4 Å². The molecule has 1 fully saturated rings. The van der Waals surface area contributed by atoms with E-state index in [0.717, 1.165) is 12.1 Å². The number of hydrogen-bond donors (Lipinski definition) is 1. The van der Waals surface area contributed by atoms with Crippen molar-refractivity contribution in [2.75, 3.05) is 6.54 Å². The maximum absolute atomic E-state index is 12.9. The van der Waals surface area contributed by atoms with E-state index in [1.807, 2.05) is 20.8 Å². The van der Waals surface area contributed by atoms with Crippen molar-refractivity contribution in [3.63, 3.8) is 0 Å². The van der Waals surface area contributed by atoms with Gasteiger partial charge in [0, 0.05) is 13.0 Å². The highest BCUT2D eigenvalue weighted by Gasteiger charge is 2.37. The third-order valence-corrected chi connectivity index (χ3v) is 4.29. The molecule has 2 rings (SSSR count). The number of halogens is 3. The highest BCUT2D eigenvalue weighted by atomic mass is 19.4. The van der Waals surface area contributed by atoms with Crippen LogP contribution in [-0.2, 0) is 11.0 Å². The van der Waals surface area contributed by atoms with E-state index in [9.17, 15) is 23.1 Å². The van der Waals surface area contributed by atoms with Crippen molar-refractivity contribution in [3.05, 3.63) is 35.4 Å². The van der Waals surface area contributed by atoms with Gasteiger partial charge in [-0.15, -0.1) is 0 Å². The van der Waals surface area contributed by atoms with Gasteiger partial charge in [-0.25, -0.2) is 0 Å². The number of benzene rings is 1. The lowest BCUT2D eigenvalue weighted by Gasteiger charge is -2.27. The summed E-state index contributed by atoms with van der Waals surface area (Å²) in [6.07, 6.45) is -3.85. The minimum absolute atomic E-state index is 0.000300. The summed E-state index contributed by atoms with van der Waals surface area (Å²) >= 11 is 0. The van der Waals surface area contributed by atoms with E-state index in [-0.39, 0.29) is 24.3 Å². The number of amides is 1. The van der Waals surface area contributed by atoms with Gasteiger partial charge in [-0.05, 0) is 36.0 Å². The molecule has 1 N–H and O–H groups in total. The number of likely N-dealkylation sites (tertiary alicyclic amines) is 1. The topological polar surface area (TPSA) is 40.5 Å². The van der Waals surface area contributed by atoms with Crippen molar-refractivity contribution in [1.82, 2.24) is 4.90 Å². The second-order valence-electron chi connectivity index (χ2n) is 7.64. The molecule has 1 saturated heterocycles. The molecule has 0 bridgehead atoms. The molecule has 1 aliphatic heterocycles. The molecular weight excluding hydrogens is 319 g/mol. The summed E-state index contributed by atoms with van der Waals surface area (Å²) in [5.74, 6) is -0.121. The van der Waals surface area contributed by atoms with Crippen LogP contribution in [0.1, 0.15) is 57.2 Å². The fraction of sp³-hybridized carbons (Fsp3) is 0.611. The summed E-state index contributed by atoms with van der Waals surface area (Å²) in [5, 5.41) is 9.92. The molecule has 0 aliphatic carbocycles. The van der Waals surface area contributed by atoms with Crippen LogP contribution in [0.4, 0.5) is 13.2 Å². The minimum atomic E-state index is -4.42. The summed E-state index contributed by atoms with van der Waals surface area (Å²) in [6, 6.07) is 4.52. The van der Waals surface area contributed by atoms with Crippen LogP contribution in [0.2, 0.25) is 0 Å². The molecule has 1 aliphatic rings. The Kier molecular flexibility index (Phi) is 5.28. The molecule has 0 saturated carbocycles. The summed E-state index contributed by atoms with van der Waals surface area (Å²) in [5.41, 5.74) is -0.311. The van der Waals surface area contributed by atoms with E-state index in [1.54, 1.807) is 6.07 Å². The van der Waals surface area contributed by atoms with Crippen LogP contribution < -0.4 is 0 Å². The number of nitrogens with zero attached hydrogens (tertiary/aromatic N) is 1. The Hall–Kier alpha value is -1.56. The summed E-state index contributed by atoms with van der Waals surface area (Å²) in [6.45, 7) is 6.26. The zero-order valence-corrected chi connectivity index (χ0v) is 14.2. The average molecular weight is 343 g/mol. The van der Waals surface area contributed by atoms with Gasteiger partial charge in [0.2, 0.25) is 5.91 Å². The third kappa shape index (κ3) is 4.72. The second kappa shape index (κ2) is 6.75. The summed E-state index contributed by atoms with van der Waals surface area (Å²) < 4.78 is 38.7. The van der Waals surface area contributed by atoms with Gasteiger partial charge in [-0.1, -0.05) is 32.9 Å². The van der Waals surface area contributed by atoms with E-state index in [1.165, 1.54) is 11.0 Å². The first-order valence-electron chi connectivity index (χ1n) is 8.12. The van der Waals surface area contributed by atoms with E-state index >= 15 is 0 Å². The zero-order valence-electron chi connectivity index (χ0n) is 14.2. The average Bonchev–Trinajstić information content (AvgIpc) is 2.85. The van der Waals surface area contributed by atoms with E-state index in [0.29, 0.717) is 18.4 Å². The summed E-state index contributed by atoms with van der Waals surface area (Å²) in [4.78, 5) is 14.0. The molecule has 2 unspecified atom stereocenters. The Balaban J connectivity index is 2.20. The third-order valence-electron chi connectivity index (χ3n) is 4.29. The van der Waals surface area contributed by atoms with E-state index < -0.39 is 23.9 Å². The van der Waals surface area contributed by atoms with Crippen LogP contribution in [0.3, 0.4) is 0 Å². The number of rotatable bonds is 3. The normalized spacial score (nSPS) is 22.0. The Morgan fingerprint density at radius 1 is 1.29 bits per heavy atom. The van der Waals surface area contributed by atoms with Gasteiger partial charge in [0.05, 0.1) is 17.7 Å². The fourth-order valence-electron chi connectivity index (χ4n) is 2.95. The van der Waals surface area contributed by atoms with Crippen molar-refractivity contribution in [3.8, 4) is 0 Å². The van der Waals surface area contributed by atoms with Crippen LogP contribution >= 0.6 is 0 Å². The predicted octanol–water partition coefficient (Wildman–Crippen LogP) is 4.17. The lowest BCUT2D eigenvalue weighted by Crippen LogP contribution is -2.32. The summed E-state index contributed by atoms with van der Waals surface area (Å²) in [7, 11) is 0. The quantitative estimate of drug-likeness (QED) is 0.895. The van der Waals surface area contributed by atoms with Gasteiger partial charge in [0.25, 0.3) is 0 Å². The van der Waals surface area contributed by atoms with Gasteiger partial charge in [-0.3, -0.25) is 4.79 Å². The standard InChI is InChI=1S/C18H24F3NO2/c1-17(2,3)8-7-16(24)22-11-14(23)10-15(22)12-5-4-6-13(9-12)18(19,20)21/h4-6,9,14-15,23H,7-8,10-11H2,1-3H3. The number of β-amino-alcohol motifs (C(OH)–C–C–N with tert-alkyl or cyclic N) is 1. The second-order valence-corrected chi connectivity index (χ2v) is 7.64. The number of hydrogen-bond acceptors (Lipinski definition) is 2. The van der Waals surface area contributed by atoms with E-state index in [2.05, 4.69) is 0 Å². The van der Waals surface area contributed by atoms with Gasteiger partial charge in [0.15, 0.2) is 0 Å². The molecular formula is C18H24F3NO2. The molecule has 1 aromatic rings. The molecule has 3 nitrogen and oxygen atoms in total. The lowest BCUT2D eigenvalue weighted by atomic mass is 9.90. The van der Waals surface area contributed by atoms with Crippen LogP contribution in [0.15, 0.2) is 24.3 Å². The molecule has 134 valence electrons. The van der Waals surface area contributed by atoms with Crippen LogP contribution in [-0.4, -0.2) is 28.6 Å². The first kappa shape index (κ1) is 18.8. The van der Waals surface area contributed by atoms with Gasteiger partial charge >= 0.3 is 6.18 Å². The smallest absolute Gasteiger partial charge is 0.391 e. The van der Waals surface area contributed by atoms with Crippen molar-refractivity contribution < 1.29 is 23.1 Å². The first-order valence-corrected chi connectivity index (χ1v) is 8.12. The molecule has 24 heavy (non-hydrogen) atoms. The number of aliphatic hydroxyl groups excluding tert-OH is 1. The molecule has 0 spiro atoms. The Bertz CT molecular complexity index is 593. The maximum Gasteiger partial charge on any atom is 0.416 e. The first-order chi connectivity index (χ1) is 11.0.